The monoisotopic (exact) mass is 649 g/mol. The molecule has 0 saturated carbocycles. The fraction of sp³-hybridized carbons (Fsp3) is 0.419. The number of nitrogen functional groups attached to an aromatic ring is 1. The van der Waals surface area contributed by atoms with Gasteiger partial charge in [-0.15, -0.1) is 12.4 Å². The maximum atomic E-state index is 13.5. The van der Waals surface area contributed by atoms with E-state index in [4.69, 9.17) is 14.7 Å². The number of cyclic esters (lactones) is 1. The molecule has 1 aromatic heterocycles. The molecule has 43 heavy (non-hydrogen) atoms. The molecule has 0 fully saturated rings. The van der Waals surface area contributed by atoms with Crippen molar-refractivity contribution in [3.05, 3.63) is 76.3 Å². The zero-order chi connectivity index (χ0) is 31.0. The number of carbonyl (C=O) groups excluding carboxylic acids is 1. The van der Waals surface area contributed by atoms with Gasteiger partial charge in [-0.1, -0.05) is 58.5 Å². The lowest BCUT2D eigenvalue weighted by Crippen LogP contribution is -2.44. The first-order valence-corrected chi connectivity index (χ1v) is 16.0. The predicted octanol–water partition coefficient (Wildman–Crippen LogP) is 6.63. The summed E-state index contributed by atoms with van der Waals surface area (Å²) in [5, 5.41) is 11.1. The van der Waals surface area contributed by atoms with Gasteiger partial charge in [0.15, 0.2) is 0 Å². The fourth-order valence-electron chi connectivity index (χ4n) is 4.85. The van der Waals surface area contributed by atoms with Crippen molar-refractivity contribution in [2.24, 2.45) is 13.0 Å². The summed E-state index contributed by atoms with van der Waals surface area (Å²) in [5.74, 6) is -0.460. The zero-order valence-corrected chi connectivity index (χ0v) is 28.0. The molecule has 1 aliphatic rings. The molecule has 0 amide bonds. The fourth-order valence-corrected chi connectivity index (χ4v) is 7.07. The van der Waals surface area contributed by atoms with E-state index in [0.717, 1.165) is 22.9 Å². The first-order valence-electron chi connectivity index (χ1n) is 13.8. The molecule has 0 aliphatic carbocycles. The van der Waals surface area contributed by atoms with E-state index in [0.29, 0.717) is 29.0 Å². The maximum absolute atomic E-state index is 13.5. The van der Waals surface area contributed by atoms with Gasteiger partial charge in [0.25, 0.3) is 0 Å². The van der Waals surface area contributed by atoms with Crippen LogP contribution in [-0.2, 0) is 38.5 Å². The molecule has 1 aliphatic heterocycles. The number of rotatable bonds is 9. The molecule has 2 aromatic carbocycles. The zero-order valence-electron chi connectivity index (χ0n) is 25.5. The minimum absolute atomic E-state index is 0. The third-order valence-electron chi connectivity index (χ3n) is 7.51. The van der Waals surface area contributed by atoms with Gasteiger partial charge < -0.3 is 24.3 Å². The van der Waals surface area contributed by atoms with Gasteiger partial charge >= 0.3 is 16.1 Å². The van der Waals surface area contributed by atoms with E-state index in [1.54, 1.807) is 26.1 Å². The molecule has 3 N–H and O–H groups in total. The molecule has 0 bridgehead atoms. The second-order valence-corrected chi connectivity index (χ2v) is 14.7. The Balaban J connectivity index is 0.00000506. The second kappa shape index (κ2) is 12.8. The molecule has 1 unspecified atom stereocenters. The summed E-state index contributed by atoms with van der Waals surface area (Å²) in [7, 11) is -2.48. The standard InChI is InChI=1S/C31H39N3O6S2.ClH/c1-19(2)31(13-12-21-8-10-22(32)11-9-21)16-24(35)28(29(36)39-31)41-26-14-20(3)25(15-23(26)30(4,5)6)40-42(37,38)27-17-34(7)18-33-27;/h8-11,14-15,17-19,35H,12-13,16,32H2,1-7H3;1H. The molecular formula is C31H40ClN3O6S2. The van der Waals surface area contributed by atoms with Gasteiger partial charge in [-0.3, -0.25) is 0 Å². The Morgan fingerprint density at radius 1 is 1.21 bits per heavy atom. The number of thioether (sulfide) groups is 1. The number of aromatic nitrogens is 2. The second-order valence-electron chi connectivity index (χ2n) is 12.2. The van der Waals surface area contributed by atoms with Gasteiger partial charge in [-0.2, -0.15) is 8.42 Å². The summed E-state index contributed by atoms with van der Waals surface area (Å²) in [5.41, 5.74) is 7.57. The third kappa shape index (κ3) is 7.69. The number of carbonyl (C=O) groups is 1. The number of esters is 1. The van der Waals surface area contributed by atoms with Gasteiger partial charge in [0.05, 0.1) is 6.33 Å². The molecule has 1 atom stereocenters. The van der Waals surface area contributed by atoms with Gasteiger partial charge in [0, 0.05) is 30.2 Å². The molecule has 4 rings (SSSR count). The van der Waals surface area contributed by atoms with E-state index in [9.17, 15) is 18.3 Å². The van der Waals surface area contributed by atoms with Crippen LogP contribution in [0.15, 0.2) is 69.5 Å². The quantitative estimate of drug-likeness (QED) is 0.149. The predicted molar refractivity (Wildman–Crippen MR) is 171 cm³/mol. The van der Waals surface area contributed by atoms with Crippen molar-refractivity contribution in [2.45, 2.75) is 81.7 Å². The summed E-state index contributed by atoms with van der Waals surface area (Å²) in [6, 6.07) is 11.0. The minimum Gasteiger partial charge on any atom is -0.511 e. The largest absolute Gasteiger partial charge is 0.511 e. The van der Waals surface area contributed by atoms with Crippen LogP contribution in [-0.4, -0.2) is 34.6 Å². The van der Waals surface area contributed by atoms with Gasteiger partial charge in [0.2, 0.25) is 5.03 Å². The number of hydrogen-bond acceptors (Lipinski definition) is 9. The Kier molecular flexibility index (Phi) is 10.3. The number of benzene rings is 2. The first-order chi connectivity index (χ1) is 19.5. The summed E-state index contributed by atoms with van der Waals surface area (Å²) in [4.78, 5) is 18.2. The van der Waals surface area contributed by atoms with Crippen LogP contribution in [0.2, 0.25) is 0 Å². The normalized spacial score (nSPS) is 17.5. The molecule has 2 heterocycles. The van der Waals surface area contributed by atoms with E-state index in [2.05, 4.69) is 4.98 Å². The Labute approximate surface area is 264 Å². The van der Waals surface area contributed by atoms with E-state index in [1.165, 1.54) is 17.1 Å². The SMILES string of the molecule is Cc1cc(SC2=C(O)CC(CCc3ccc(N)cc3)(C(C)C)OC2=O)c(C(C)(C)C)cc1OS(=O)(=O)c1cn(C)cn1.Cl. The van der Waals surface area contributed by atoms with Crippen molar-refractivity contribution in [1.29, 1.82) is 0 Å². The Morgan fingerprint density at radius 3 is 2.40 bits per heavy atom. The lowest BCUT2D eigenvalue weighted by molar-refractivity contribution is -0.164. The topological polar surface area (TPSA) is 134 Å². The smallest absolute Gasteiger partial charge is 0.358 e. The third-order valence-corrected chi connectivity index (χ3v) is 9.80. The molecule has 9 nitrogen and oxygen atoms in total. The van der Waals surface area contributed by atoms with Gasteiger partial charge in [-0.25, -0.2) is 9.78 Å². The molecule has 234 valence electrons. The molecule has 0 saturated heterocycles. The maximum Gasteiger partial charge on any atom is 0.358 e. The number of nitrogens with two attached hydrogens (primary N) is 1. The number of nitrogens with zero attached hydrogens (tertiary/aromatic N) is 2. The summed E-state index contributed by atoms with van der Waals surface area (Å²) in [6.07, 6.45) is 4.17. The Hall–Kier alpha value is -3.15. The van der Waals surface area contributed by atoms with Crippen molar-refractivity contribution in [2.75, 3.05) is 5.73 Å². The van der Waals surface area contributed by atoms with E-state index < -0.39 is 27.1 Å². The number of aliphatic hydroxyl groups excluding tert-OH is 1. The number of aliphatic hydroxyl groups is 1. The highest BCUT2D eigenvalue weighted by Gasteiger charge is 2.44. The lowest BCUT2D eigenvalue weighted by atomic mass is 9.80. The number of halogens is 1. The van der Waals surface area contributed by atoms with E-state index in [1.807, 2.05) is 58.9 Å². The van der Waals surface area contributed by atoms with Crippen molar-refractivity contribution >= 4 is 45.9 Å². The summed E-state index contributed by atoms with van der Waals surface area (Å²) >= 11 is 1.12. The summed E-state index contributed by atoms with van der Waals surface area (Å²) < 4.78 is 38.9. The summed E-state index contributed by atoms with van der Waals surface area (Å²) in [6.45, 7) is 11.6. The number of ether oxygens (including phenoxy) is 1. The average Bonchev–Trinajstić information content (AvgIpc) is 3.34. The van der Waals surface area contributed by atoms with Crippen LogP contribution in [0.1, 0.15) is 64.2 Å². The lowest BCUT2D eigenvalue weighted by Gasteiger charge is -2.40. The average molecular weight is 650 g/mol. The Morgan fingerprint density at radius 2 is 1.86 bits per heavy atom. The van der Waals surface area contributed by atoms with Crippen molar-refractivity contribution in [3.8, 4) is 5.75 Å². The minimum atomic E-state index is -4.15. The molecule has 0 radical (unpaired) electrons. The molecular weight excluding hydrogens is 610 g/mol. The van der Waals surface area contributed by atoms with Crippen molar-refractivity contribution < 1.29 is 27.2 Å². The highest BCUT2D eigenvalue weighted by molar-refractivity contribution is 8.04. The van der Waals surface area contributed by atoms with Crippen LogP contribution in [0, 0.1) is 12.8 Å². The first kappa shape index (κ1) is 34.3. The van der Waals surface area contributed by atoms with E-state index >= 15 is 0 Å². The van der Waals surface area contributed by atoms with Crippen LogP contribution in [0.25, 0.3) is 0 Å². The van der Waals surface area contributed by atoms with E-state index in [-0.39, 0.29) is 46.2 Å². The van der Waals surface area contributed by atoms with Crippen LogP contribution in [0.3, 0.4) is 0 Å². The van der Waals surface area contributed by atoms with Crippen molar-refractivity contribution in [1.82, 2.24) is 9.55 Å². The van der Waals surface area contributed by atoms with Crippen LogP contribution in [0.4, 0.5) is 5.69 Å². The van der Waals surface area contributed by atoms with Gasteiger partial charge in [-0.05, 0) is 72.1 Å². The van der Waals surface area contributed by atoms with Crippen molar-refractivity contribution in [3.63, 3.8) is 0 Å². The van der Waals surface area contributed by atoms with Crippen LogP contribution < -0.4 is 9.92 Å². The number of hydrogen-bond donors (Lipinski definition) is 2. The Bertz CT molecular complexity index is 1630. The highest BCUT2D eigenvalue weighted by Crippen LogP contribution is 2.46. The highest BCUT2D eigenvalue weighted by atomic mass is 35.5. The molecule has 0 spiro atoms. The number of imidazole rings is 1. The molecule has 3 aromatic rings. The van der Waals surface area contributed by atoms with Crippen LogP contribution >= 0.6 is 24.2 Å². The molecule has 12 heteroatoms. The number of anilines is 1. The number of aryl methyl sites for hydroxylation is 3. The van der Waals surface area contributed by atoms with Gasteiger partial charge in [0.1, 0.15) is 22.0 Å². The van der Waals surface area contributed by atoms with Crippen LogP contribution in [0.5, 0.6) is 5.75 Å².